The van der Waals surface area contributed by atoms with Gasteiger partial charge in [0, 0.05) is 52.1 Å². The van der Waals surface area contributed by atoms with Crippen LogP contribution in [0.4, 0.5) is 0 Å². The standard InChI is InChI=1S/C40H63N7O13/c1-4-45(24-36(51)52)16-17-46(25-37(53)54)18-19-47(26-38(55)56)23-35(50)43-15-6-14-42-34(49)13-12-33(48)32-22-28-8-10-29(11-9-28)59-20-5-7-30(40(58)60-41)31(21-27(2)3)39(57)44-32/h8-11,27,30-32H,4-7,12-26,41H2,1-3H3,(H,42,49)(H,43,50)(H,44,57)(H,51,52)(H,53,54)(H,55,56)/t30-,31+,32-/m0/s1. The largest absolute Gasteiger partial charge is 0.494 e. The van der Waals surface area contributed by atoms with Crippen LogP contribution in [0.1, 0.15) is 64.9 Å². The molecular formula is C40H63N7O13. The number of nitrogens with two attached hydrogens (primary N) is 1. The molecule has 0 fully saturated rings. The van der Waals surface area contributed by atoms with E-state index >= 15 is 0 Å². The lowest BCUT2D eigenvalue weighted by Crippen LogP contribution is -2.48. The molecule has 8 N–H and O–H groups in total. The van der Waals surface area contributed by atoms with Gasteiger partial charge in [-0.3, -0.25) is 53.1 Å². The molecule has 0 radical (unpaired) electrons. The fourth-order valence-electron chi connectivity index (χ4n) is 6.78. The number of aliphatic carboxylic acids is 3. The Morgan fingerprint density at radius 1 is 0.833 bits per heavy atom. The van der Waals surface area contributed by atoms with Crippen molar-refractivity contribution < 1.29 is 63.3 Å². The second kappa shape index (κ2) is 27.6. The molecule has 2 heterocycles. The summed E-state index contributed by atoms with van der Waals surface area (Å²) in [6.45, 7) is 6.02. The number of rotatable bonds is 26. The number of hydrogen-bond donors (Lipinski definition) is 7. The summed E-state index contributed by atoms with van der Waals surface area (Å²) in [5.74, 6) is -1.58. The van der Waals surface area contributed by atoms with Crippen molar-refractivity contribution in [1.29, 1.82) is 0 Å². The number of carboxylic acids is 3. The first-order valence-electron chi connectivity index (χ1n) is 20.3. The molecule has 3 rings (SSSR count). The van der Waals surface area contributed by atoms with E-state index in [0.29, 0.717) is 38.2 Å². The van der Waals surface area contributed by atoms with E-state index in [1.807, 2.05) is 13.8 Å². The Labute approximate surface area is 350 Å². The predicted octanol–water partition coefficient (Wildman–Crippen LogP) is -0.267. The van der Waals surface area contributed by atoms with Crippen molar-refractivity contribution in [3.63, 3.8) is 0 Å². The molecule has 1 aromatic rings. The maximum atomic E-state index is 13.8. The lowest BCUT2D eigenvalue weighted by atomic mass is 9.81. The minimum atomic E-state index is -1.18. The first kappa shape index (κ1) is 51.0. The summed E-state index contributed by atoms with van der Waals surface area (Å²) in [5.41, 5.74) is 0.752. The Balaban J connectivity index is 1.92. The van der Waals surface area contributed by atoms with Crippen LogP contribution in [0.25, 0.3) is 0 Å². The highest BCUT2D eigenvalue weighted by molar-refractivity contribution is 5.93. The Bertz CT molecular complexity index is 1580. The average molecular weight is 850 g/mol. The molecule has 20 nitrogen and oxygen atoms in total. The van der Waals surface area contributed by atoms with Crippen LogP contribution >= 0.6 is 0 Å². The van der Waals surface area contributed by atoms with Crippen molar-refractivity contribution in [2.45, 2.75) is 71.8 Å². The third-order valence-electron chi connectivity index (χ3n) is 9.92. The van der Waals surface area contributed by atoms with Gasteiger partial charge in [-0.05, 0) is 62.3 Å². The number of carbonyl (C=O) groups excluding carboxylic acids is 5. The van der Waals surface area contributed by atoms with Gasteiger partial charge < -0.3 is 40.8 Å². The molecule has 2 aliphatic rings. The number of ketones is 1. The summed E-state index contributed by atoms with van der Waals surface area (Å²) in [6, 6.07) is 6.13. The van der Waals surface area contributed by atoms with Crippen LogP contribution in [0, 0.1) is 17.8 Å². The molecule has 0 saturated heterocycles. The van der Waals surface area contributed by atoms with Gasteiger partial charge in [0.25, 0.3) is 0 Å². The van der Waals surface area contributed by atoms with E-state index < -0.39 is 66.0 Å². The van der Waals surface area contributed by atoms with Crippen molar-refractivity contribution in [3.8, 4) is 5.75 Å². The Hall–Kier alpha value is -5.18. The zero-order valence-electron chi connectivity index (χ0n) is 34.9. The summed E-state index contributed by atoms with van der Waals surface area (Å²) in [7, 11) is 0. The highest BCUT2D eigenvalue weighted by Crippen LogP contribution is 2.27. The minimum absolute atomic E-state index is 0.0322. The summed E-state index contributed by atoms with van der Waals surface area (Å²) in [5, 5.41) is 36.0. The maximum Gasteiger partial charge on any atom is 0.328 e. The second-order valence-corrected chi connectivity index (χ2v) is 15.2. The number of carbonyl (C=O) groups is 8. The van der Waals surface area contributed by atoms with Gasteiger partial charge in [-0.1, -0.05) is 32.9 Å². The lowest BCUT2D eigenvalue weighted by Gasteiger charge is -2.28. The molecule has 0 unspecified atom stereocenters. The highest BCUT2D eigenvalue weighted by atomic mass is 16.7. The van der Waals surface area contributed by atoms with Gasteiger partial charge in [-0.2, -0.15) is 5.90 Å². The van der Waals surface area contributed by atoms with Gasteiger partial charge in [-0.15, -0.1) is 0 Å². The number of nitrogens with one attached hydrogen (secondary N) is 3. The van der Waals surface area contributed by atoms with E-state index in [4.69, 9.17) is 15.7 Å². The molecule has 60 heavy (non-hydrogen) atoms. The van der Waals surface area contributed by atoms with Crippen molar-refractivity contribution >= 4 is 47.4 Å². The fraction of sp³-hybridized carbons (Fsp3) is 0.650. The second-order valence-electron chi connectivity index (χ2n) is 15.2. The molecule has 0 saturated carbocycles. The Kier molecular flexibility index (Phi) is 23.4. The van der Waals surface area contributed by atoms with Crippen LogP contribution in [-0.2, 0) is 49.6 Å². The maximum absolute atomic E-state index is 13.8. The van der Waals surface area contributed by atoms with Crippen LogP contribution in [-0.4, -0.2) is 162 Å². The molecule has 2 aliphatic heterocycles. The molecule has 336 valence electrons. The number of carboxylic acid groups (broad SMARTS) is 3. The van der Waals surface area contributed by atoms with Gasteiger partial charge in [-0.25, -0.2) is 0 Å². The Morgan fingerprint density at radius 2 is 1.40 bits per heavy atom. The zero-order valence-corrected chi connectivity index (χ0v) is 34.9. The molecule has 2 bridgehead atoms. The Morgan fingerprint density at radius 3 is 1.98 bits per heavy atom. The number of Topliss-reactive ketones (excluding diaryl/α,β-unsaturated/α-hetero) is 1. The van der Waals surface area contributed by atoms with Gasteiger partial charge in [0.2, 0.25) is 17.7 Å². The van der Waals surface area contributed by atoms with Crippen LogP contribution in [0.2, 0.25) is 0 Å². The van der Waals surface area contributed by atoms with Gasteiger partial charge in [0.05, 0.1) is 50.7 Å². The summed E-state index contributed by atoms with van der Waals surface area (Å²) in [6.07, 6.45) is 1.19. The van der Waals surface area contributed by atoms with Crippen LogP contribution in [0.3, 0.4) is 0 Å². The quantitative estimate of drug-likeness (QED) is 0.0467. The molecule has 20 heteroatoms. The van der Waals surface area contributed by atoms with Crippen molar-refractivity contribution in [1.82, 2.24) is 30.7 Å². The number of fused-ring (bicyclic) bond motifs is 11. The predicted molar refractivity (Wildman–Crippen MR) is 216 cm³/mol. The molecule has 0 aromatic heterocycles. The number of hydrogen-bond acceptors (Lipinski definition) is 14. The number of likely N-dealkylation sites (N-methyl/N-ethyl adjacent to an activating group) is 1. The van der Waals surface area contributed by atoms with Gasteiger partial charge >= 0.3 is 23.9 Å². The lowest BCUT2D eigenvalue weighted by molar-refractivity contribution is -0.154. The van der Waals surface area contributed by atoms with Crippen molar-refractivity contribution in [3.05, 3.63) is 29.8 Å². The summed E-state index contributed by atoms with van der Waals surface area (Å²) in [4.78, 5) is 109. The fourth-order valence-corrected chi connectivity index (χ4v) is 6.78. The smallest absolute Gasteiger partial charge is 0.328 e. The topological polar surface area (TPSA) is 288 Å². The average Bonchev–Trinajstić information content (AvgIpc) is 3.18. The third kappa shape index (κ3) is 20.7. The zero-order chi connectivity index (χ0) is 44.6. The van der Waals surface area contributed by atoms with E-state index in [9.17, 15) is 48.6 Å². The first-order valence-corrected chi connectivity index (χ1v) is 20.3. The van der Waals surface area contributed by atoms with Crippen LogP contribution < -0.4 is 26.6 Å². The summed E-state index contributed by atoms with van der Waals surface area (Å²) < 4.78 is 5.82. The van der Waals surface area contributed by atoms with Crippen molar-refractivity contribution in [2.75, 3.05) is 78.6 Å². The molecule has 3 amide bonds. The molecule has 1 aromatic carbocycles. The van der Waals surface area contributed by atoms with Crippen LogP contribution in [0.5, 0.6) is 5.75 Å². The highest BCUT2D eigenvalue weighted by Gasteiger charge is 2.37. The summed E-state index contributed by atoms with van der Waals surface area (Å²) >= 11 is 0. The van der Waals surface area contributed by atoms with Gasteiger partial charge in [0.1, 0.15) is 5.75 Å². The number of amides is 3. The number of nitrogens with zero attached hydrogens (tertiary/aromatic N) is 3. The van der Waals surface area contributed by atoms with E-state index in [0.717, 1.165) is 5.56 Å². The van der Waals surface area contributed by atoms with E-state index in [1.54, 1.807) is 41.0 Å². The monoisotopic (exact) mass is 849 g/mol. The van der Waals surface area contributed by atoms with E-state index in [2.05, 4.69) is 20.8 Å². The minimum Gasteiger partial charge on any atom is -0.494 e. The molecule has 0 spiro atoms. The van der Waals surface area contributed by atoms with Crippen molar-refractivity contribution in [2.24, 2.45) is 23.7 Å². The van der Waals surface area contributed by atoms with E-state index in [-0.39, 0.29) is 96.3 Å². The molecule has 3 atom stereocenters. The van der Waals surface area contributed by atoms with Crippen LogP contribution in [0.15, 0.2) is 24.3 Å². The molecular weight excluding hydrogens is 786 g/mol. The first-order chi connectivity index (χ1) is 28.5. The number of benzene rings is 1. The SMILES string of the molecule is CCN(CCN(CCN(CC(=O)O)CC(=O)NCCCNC(=O)CCC(=O)[C@@H]1Cc2ccc(cc2)OCCC[C@H](C(=O)ON)[C@@H](CC(C)C)C(=O)N1)CC(=O)O)CC(=O)O. The molecule has 0 aliphatic carbocycles. The van der Waals surface area contributed by atoms with Gasteiger partial charge in [0.15, 0.2) is 5.78 Å². The number of ether oxygens (including phenoxy) is 1. The third-order valence-corrected chi connectivity index (χ3v) is 9.92. The normalized spacial score (nSPS) is 17.1. The van der Waals surface area contributed by atoms with E-state index in [1.165, 1.54) is 4.90 Å².